The fraction of sp³-hybridized carbons (Fsp3) is 0.278. The van der Waals surface area contributed by atoms with Gasteiger partial charge in [0.2, 0.25) is 5.91 Å². The number of hydrogen-bond acceptors (Lipinski definition) is 3. The first kappa shape index (κ1) is 17.9. The molecule has 1 atom stereocenters. The molecule has 0 saturated carbocycles. The molecule has 0 aromatic heterocycles. The molecule has 0 aliphatic carbocycles. The van der Waals surface area contributed by atoms with Crippen LogP contribution in [0.4, 0.5) is 14.5 Å². The Morgan fingerprint density at radius 3 is 2.50 bits per heavy atom. The van der Waals surface area contributed by atoms with Crippen LogP contribution in [0, 0.1) is 11.6 Å². The van der Waals surface area contributed by atoms with Crippen molar-refractivity contribution >= 4 is 11.6 Å². The van der Waals surface area contributed by atoms with Gasteiger partial charge in [0.05, 0.1) is 13.7 Å². The van der Waals surface area contributed by atoms with Crippen LogP contribution in [0.3, 0.4) is 0 Å². The lowest BCUT2D eigenvalue weighted by Gasteiger charge is -2.24. The van der Waals surface area contributed by atoms with Gasteiger partial charge in [0.1, 0.15) is 17.4 Å². The molecular formula is C18H20F2N2O2. The molecule has 0 spiro atoms. The third kappa shape index (κ3) is 4.52. The van der Waals surface area contributed by atoms with E-state index in [2.05, 4.69) is 5.32 Å². The fourth-order valence-corrected chi connectivity index (χ4v) is 2.31. The summed E-state index contributed by atoms with van der Waals surface area (Å²) < 4.78 is 32.2. The normalized spacial score (nSPS) is 12.1. The molecular weight excluding hydrogens is 314 g/mol. The van der Waals surface area contributed by atoms with Crippen LogP contribution < -0.4 is 10.1 Å². The highest BCUT2D eigenvalue weighted by atomic mass is 19.1. The fourth-order valence-electron chi connectivity index (χ4n) is 2.31. The first-order valence-corrected chi connectivity index (χ1v) is 7.50. The highest BCUT2D eigenvalue weighted by Gasteiger charge is 2.18. The lowest BCUT2D eigenvalue weighted by Crippen LogP contribution is -2.32. The zero-order valence-corrected chi connectivity index (χ0v) is 13.8. The summed E-state index contributed by atoms with van der Waals surface area (Å²) in [6, 6.07) is 9.81. The quantitative estimate of drug-likeness (QED) is 0.877. The van der Waals surface area contributed by atoms with Crippen LogP contribution in [0.25, 0.3) is 0 Å². The standard InChI is InChI=1S/C18H20F2N2O2/c1-12(16-10-13(19)4-9-17(16)20)22(2)11-18(23)21-14-5-7-15(24-3)8-6-14/h4-10,12H,11H2,1-3H3,(H,21,23). The summed E-state index contributed by atoms with van der Waals surface area (Å²) in [6.45, 7) is 1.77. The second-order valence-electron chi connectivity index (χ2n) is 5.53. The van der Waals surface area contributed by atoms with Crippen molar-refractivity contribution in [3.8, 4) is 5.75 Å². The van der Waals surface area contributed by atoms with Gasteiger partial charge in [-0.2, -0.15) is 0 Å². The largest absolute Gasteiger partial charge is 0.497 e. The summed E-state index contributed by atoms with van der Waals surface area (Å²) in [4.78, 5) is 13.8. The van der Waals surface area contributed by atoms with Gasteiger partial charge in [-0.3, -0.25) is 9.69 Å². The van der Waals surface area contributed by atoms with Crippen molar-refractivity contribution < 1.29 is 18.3 Å². The minimum atomic E-state index is -0.505. The Bertz CT molecular complexity index is 705. The number of halogens is 2. The van der Waals surface area contributed by atoms with Crippen molar-refractivity contribution in [3.05, 3.63) is 59.7 Å². The Labute approximate surface area is 140 Å². The molecule has 6 heteroatoms. The molecule has 2 rings (SSSR count). The lowest BCUT2D eigenvalue weighted by atomic mass is 10.1. The number of anilines is 1. The number of ether oxygens (including phenoxy) is 1. The third-order valence-electron chi connectivity index (χ3n) is 3.84. The molecule has 1 unspecified atom stereocenters. The van der Waals surface area contributed by atoms with Crippen molar-refractivity contribution in [2.75, 3.05) is 26.0 Å². The Morgan fingerprint density at radius 1 is 1.21 bits per heavy atom. The van der Waals surface area contributed by atoms with Gasteiger partial charge in [-0.05, 0) is 56.4 Å². The molecule has 0 radical (unpaired) electrons. The van der Waals surface area contributed by atoms with Gasteiger partial charge >= 0.3 is 0 Å². The summed E-state index contributed by atoms with van der Waals surface area (Å²) in [6.07, 6.45) is 0. The van der Waals surface area contributed by atoms with Gasteiger partial charge in [-0.25, -0.2) is 8.78 Å². The molecule has 2 aromatic carbocycles. The van der Waals surface area contributed by atoms with E-state index in [1.807, 2.05) is 0 Å². The number of carbonyl (C=O) groups is 1. The summed E-state index contributed by atoms with van der Waals surface area (Å²) in [5, 5.41) is 2.75. The number of benzene rings is 2. The first-order chi connectivity index (χ1) is 11.4. The second-order valence-corrected chi connectivity index (χ2v) is 5.53. The van der Waals surface area contributed by atoms with Gasteiger partial charge < -0.3 is 10.1 Å². The smallest absolute Gasteiger partial charge is 0.238 e. The van der Waals surface area contributed by atoms with E-state index in [0.717, 1.165) is 18.2 Å². The van der Waals surface area contributed by atoms with Crippen LogP contribution >= 0.6 is 0 Å². The Hall–Kier alpha value is -2.47. The monoisotopic (exact) mass is 334 g/mol. The SMILES string of the molecule is COc1ccc(NC(=O)CN(C)C(C)c2cc(F)ccc2F)cc1. The van der Waals surface area contributed by atoms with Crippen LogP contribution in [0.1, 0.15) is 18.5 Å². The number of amides is 1. The third-order valence-corrected chi connectivity index (χ3v) is 3.84. The maximum Gasteiger partial charge on any atom is 0.238 e. The Balaban J connectivity index is 1.98. The van der Waals surface area contributed by atoms with Crippen molar-refractivity contribution in [3.63, 3.8) is 0 Å². The van der Waals surface area contributed by atoms with Gasteiger partial charge in [-0.15, -0.1) is 0 Å². The molecule has 1 amide bonds. The zero-order chi connectivity index (χ0) is 17.7. The maximum absolute atomic E-state index is 13.8. The number of methoxy groups -OCH3 is 1. The minimum Gasteiger partial charge on any atom is -0.497 e. The second kappa shape index (κ2) is 7.88. The highest BCUT2D eigenvalue weighted by molar-refractivity contribution is 5.92. The van der Waals surface area contributed by atoms with Crippen LogP contribution in [-0.4, -0.2) is 31.5 Å². The average Bonchev–Trinajstić information content (AvgIpc) is 2.57. The molecule has 0 bridgehead atoms. The van der Waals surface area contributed by atoms with Crippen molar-refractivity contribution in [1.29, 1.82) is 0 Å². The van der Waals surface area contributed by atoms with Gasteiger partial charge in [0, 0.05) is 17.3 Å². The van der Waals surface area contributed by atoms with Crippen LogP contribution in [0.15, 0.2) is 42.5 Å². The number of hydrogen-bond donors (Lipinski definition) is 1. The van der Waals surface area contributed by atoms with E-state index in [-0.39, 0.29) is 18.0 Å². The van der Waals surface area contributed by atoms with E-state index < -0.39 is 17.7 Å². The van der Waals surface area contributed by atoms with Crippen LogP contribution in [0.2, 0.25) is 0 Å². The predicted octanol–water partition coefficient (Wildman–Crippen LogP) is 3.60. The molecule has 0 aliphatic rings. The molecule has 4 nitrogen and oxygen atoms in total. The van der Waals surface area contributed by atoms with Crippen LogP contribution in [-0.2, 0) is 4.79 Å². The predicted molar refractivity (Wildman–Crippen MR) is 89.0 cm³/mol. The lowest BCUT2D eigenvalue weighted by molar-refractivity contribution is -0.117. The molecule has 0 aliphatic heterocycles. The van der Waals surface area contributed by atoms with E-state index in [4.69, 9.17) is 4.74 Å². The van der Waals surface area contributed by atoms with E-state index in [1.54, 1.807) is 50.2 Å². The molecule has 0 heterocycles. The minimum absolute atomic E-state index is 0.0448. The van der Waals surface area contributed by atoms with Crippen molar-refractivity contribution in [1.82, 2.24) is 4.90 Å². The van der Waals surface area contributed by atoms with E-state index in [1.165, 1.54) is 0 Å². The average molecular weight is 334 g/mol. The molecule has 0 saturated heterocycles. The Kier molecular flexibility index (Phi) is 5.87. The van der Waals surface area contributed by atoms with Crippen molar-refractivity contribution in [2.45, 2.75) is 13.0 Å². The molecule has 24 heavy (non-hydrogen) atoms. The van der Waals surface area contributed by atoms with Gasteiger partial charge in [0.25, 0.3) is 0 Å². The summed E-state index contributed by atoms with van der Waals surface area (Å²) >= 11 is 0. The summed E-state index contributed by atoms with van der Waals surface area (Å²) in [5.41, 5.74) is 0.855. The number of likely N-dealkylation sites (N-methyl/N-ethyl adjacent to an activating group) is 1. The highest BCUT2D eigenvalue weighted by Crippen LogP contribution is 2.22. The number of nitrogens with zero attached hydrogens (tertiary/aromatic N) is 1. The number of carbonyl (C=O) groups excluding carboxylic acids is 1. The maximum atomic E-state index is 13.8. The summed E-state index contributed by atoms with van der Waals surface area (Å²) in [7, 11) is 3.25. The van der Waals surface area contributed by atoms with Gasteiger partial charge in [-0.1, -0.05) is 0 Å². The molecule has 0 fully saturated rings. The van der Waals surface area contributed by atoms with Crippen molar-refractivity contribution in [2.24, 2.45) is 0 Å². The van der Waals surface area contributed by atoms with Gasteiger partial charge in [0.15, 0.2) is 0 Å². The molecule has 2 aromatic rings. The molecule has 1 N–H and O–H groups in total. The summed E-state index contributed by atoms with van der Waals surface area (Å²) in [5.74, 6) is -0.549. The van der Waals surface area contributed by atoms with E-state index in [0.29, 0.717) is 11.4 Å². The zero-order valence-electron chi connectivity index (χ0n) is 13.8. The number of rotatable bonds is 6. The first-order valence-electron chi connectivity index (χ1n) is 7.50. The molecule has 128 valence electrons. The van der Waals surface area contributed by atoms with E-state index in [9.17, 15) is 13.6 Å². The van der Waals surface area contributed by atoms with Crippen LogP contribution in [0.5, 0.6) is 5.75 Å². The topological polar surface area (TPSA) is 41.6 Å². The Morgan fingerprint density at radius 2 is 1.88 bits per heavy atom. The number of nitrogens with one attached hydrogen (secondary N) is 1. The van der Waals surface area contributed by atoms with E-state index >= 15 is 0 Å².